The Hall–Kier alpha value is -1.56. The van der Waals surface area contributed by atoms with Crippen molar-refractivity contribution < 1.29 is 9.53 Å². The van der Waals surface area contributed by atoms with Crippen LogP contribution in [0.1, 0.15) is 37.9 Å². The van der Waals surface area contributed by atoms with E-state index in [0.717, 1.165) is 44.8 Å². The molecule has 6 nitrogen and oxygen atoms in total. The van der Waals surface area contributed by atoms with Gasteiger partial charge in [0, 0.05) is 45.7 Å². The maximum Gasteiger partial charge on any atom is 0.317 e. The van der Waals surface area contributed by atoms with E-state index in [4.69, 9.17) is 4.74 Å². The minimum absolute atomic E-state index is 0.00898. The van der Waals surface area contributed by atoms with Gasteiger partial charge in [-0.15, -0.1) is 0 Å². The summed E-state index contributed by atoms with van der Waals surface area (Å²) < 4.78 is 7.69. The third-order valence-electron chi connectivity index (χ3n) is 4.17. The van der Waals surface area contributed by atoms with Gasteiger partial charge in [0.05, 0.1) is 6.10 Å². The van der Waals surface area contributed by atoms with Gasteiger partial charge >= 0.3 is 6.03 Å². The average molecular weight is 308 g/mol. The van der Waals surface area contributed by atoms with Crippen molar-refractivity contribution in [2.24, 2.45) is 0 Å². The van der Waals surface area contributed by atoms with Crippen molar-refractivity contribution in [3.63, 3.8) is 0 Å². The van der Waals surface area contributed by atoms with Gasteiger partial charge in [-0.3, -0.25) is 0 Å². The number of imidazole rings is 1. The summed E-state index contributed by atoms with van der Waals surface area (Å²) in [6.45, 7) is 5.24. The number of amides is 2. The zero-order chi connectivity index (χ0) is 15.8. The summed E-state index contributed by atoms with van der Waals surface area (Å²) in [4.78, 5) is 17.9. The molecule has 0 saturated carbocycles. The first-order valence-electron chi connectivity index (χ1n) is 8.25. The van der Waals surface area contributed by atoms with Crippen LogP contribution < -0.4 is 5.32 Å². The molecule has 1 saturated heterocycles. The van der Waals surface area contributed by atoms with Gasteiger partial charge in [-0.25, -0.2) is 9.78 Å². The first-order valence-corrected chi connectivity index (χ1v) is 8.25. The van der Waals surface area contributed by atoms with E-state index in [9.17, 15) is 4.79 Å². The van der Waals surface area contributed by atoms with Crippen LogP contribution in [0.15, 0.2) is 12.4 Å². The molecular weight excluding hydrogens is 280 g/mol. The molecule has 0 unspecified atom stereocenters. The molecule has 1 N–H and O–H groups in total. The first-order chi connectivity index (χ1) is 10.7. The van der Waals surface area contributed by atoms with Crippen molar-refractivity contribution in [1.82, 2.24) is 19.8 Å². The van der Waals surface area contributed by atoms with Crippen LogP contribution in [0.25, 0.3) is 0 Å². The molecule has 2 rings (SSSR count). The predicted octanol–water partition coefficient (Wildman–Crippen LogP) is 2.18. The van der Waals surface area contributed by atoms with E-state index in [0.29, 0.717) is 12.6 Å². The lowest BCUT2D eigenvalue weighted by molar-refractivity contribution is 0.100. The number of rotatable bonds is 8. The average Bonchev–Trinajstić information content (AvgIpc) is 3.15. The van der Waals surface area contributed by atoms with Gasteiger partial charge in [0.25, 0.3) is 0 Å². The molecule has 0 aromatic carbocycles. The van der Waals surface area contributed by atoms with Crippen LogP contribution in [0.5, 0.6) is 0 Å². The zero-order valence-electron chi connectivity index (χ0n) is 13.8. The fraction of sp³-hybridized carbons (Fsp3) is 0.750. The van der Waals surface area contributed by atoms with E-state index in [-0.39, 0.29) is 6.03 Å². The molecule has 0 spiro atoms. The number of ether oxygens (including phenoxy) is 1. The summed E-state index contributed by atoms with van der Waals surface area (Å²) in [5.74, 6) is 1.01. The molecular formula is C16H28N4O2. The molecule has 6 heteroatoms. The smallest absolute Gasteiger partial charge is 0.317 e. The van der Waals surface area contributed by atoms with Crippen molar-refractivity contribution in [1.29, 1.82) is 0 Å². The third kappa shape index (κ3) is 5.33. The van der Waals surface area contributed by atoms with Gasteiger partial charge in [-0.1, -0.05) is 0 Å². The fourth-order valence-corrected chi connectivity index (χ4v) is 2.75. The molecule has 0 bridgehead atoms. The van der Waals surface area contributed by atoms with E-state index in [1.54, 1.807) is 11.1 Å². The Morgan fingerprint density at radius 3 is 3.09 bits per heavy atom. The van der Waals surface area contributed by atoms with Crippen LogP contribution in [-0.2, 0) is 11.3 Å². The molecule has 2 heterocycles. The predicted molar refractivity (Wildman–Crippen MR) is 85.8 cm³/mol. The standard InChI is InChI=1S/C16H28N4O2/c1-14-17-9-12-20(14)11-5-8-18-16(21)19(2)10-3-6-15-7-4-13-22-15/h9,12,15H,3-8,10-11,13H2,1-2H3,(H,18,21)/t15-/m1/s1. The third-order valence-corrected chi connectivity index (χ3v) is 4.17. The second-order valence-corrected chi connectivity index (χ2v) is 5.95. The zero-order valence-corrected chi connectivity index (χ0v) is 13.8. The lowest BCUT2D eigenvalue weighted by atomic mass is 10.1. The highest BCUT2D eigenvalue weighted by molar-refractivity contribution is 5.73. The van der Waals surface area contributed by atoms with Gasteiger partial charge in [-0.2, -0.15) is 0 Å². The number of urea groups is 1. The minimum atomic E-state index is 0.00898. The SMILES string of the molecule is Cc1nccn1CCCNC(=O)N(C)CCC[C@@H]1CCCO1. The highest BCUT2D eigenvalue weighted by Crippen LogP contribution is 2.16. The second-order valence-electron chi connectivity index (χ2n) is 5.95. The number of hydrogen-bond acceptors (Lipinski definition) is 3. The van der Waals surface area contributed by atoms with Crippen molar-refractivity contribution in [2.75, 3.05) is 26.7 Å². The molecule has 1 aliphatic heterocycles. The van der Waals surface area contributed by atoms with Crippen molar-refractivity contribution >= 4 is 6.03 Å². The molecule has 1 fully saturated rings. The summed E-state index contributed by atoms with van der Waals surface area (Å²) in [5, 5.41) is 2.96. The van der Waals surface area contributed by atoms with Crippen LogP contribution in [0.3, 0.4) is 0 Å². The lowest BCUT2D eigenvalue weighted by Gasteiger charge is -2.19. The number of nitrogens with one attached hydrogen (secondary N) is 1. The summed E-state index contributed by atoms with van der Waals surface area (Å²) in [6, 6.07) is 0.00898. The van der Waals surface area contributed by atoms with Crippen molar-refractivity contribution in [3.8, 4) is 0 Å². The van der Waals surface area contributed by atoms with E-state index >= 15 is 0 Å². The van der Waals surface area contributed by atoms with Gasteiger partial charge in [0.1, 0.15) is 5.82 Å². The quantitative estimate of drug-likeness (QED) is 0.749. The number of carbonyl (C=O) groups excluding carboxylic acids is 1. The fourth-order valence-electron chi connectivity index (χ4n) is 2.75. The monoisotopic (exact) mass is 308 g/mol. The second kappa shape index (κ2) is 8.78. The summed E-state index contributed by atoms with van der Waals surface area (Å²) in [5.41, 5.74) is 0. The van der Waals surface area contributed by atoms with E-state index < -0.39 is 0 Å². The van der Waals surface area contributed by atoms with Crippen molar-refractivity contribution in [2.45, 2.75) is 51.7 Å². The normalized spacial score (nSPS) is 17.6. The Bertz CT molecular complexity index is 455. The van der Waals surface area contributed by atoms with E-state index in [2.05, 4.69) is 14.9 Å². The van der Waals surface area contributed by atoms with Gasteiger partial charge in [0.15, 0.2) is 0 Å². The summed E-state index contributed by atoms with van der Waals surface area (Å²) in [7, 11) is 1.85. The molecule has 2 amide bonds. The largest absolute Gasteiger partial charge is 0.378 e. The number of carbonyl (C=O) groups is 1. The molecule has 1 aliphatic rings. The van der Waals surface area contributed by atoms with E-state index in [1.165, 1.54) is 12.8 Å². The Morgan fingerprint density at radius 1 is 1.55 bits per heavy atom. The number of aromatic nitrogens is 2. The van der Waals surface area contributed by atoms with Crippen LogP contribution >= 0.6 is 0 Å². The molecule has 124 valence electrons. The molecule has 0 aliphatic carbocycles. The number of nitrogens with zero attached hydrogens (tertiary/aromatic N) is 3. The maximum atomic E-state index is 12.0. The molecule has 1 atom stereocenters. The highest BCUT2D eigenvalue weighted by atomic mass is 16.5. The van der Waals surface area contributed by atoms with Gasteiger partial charge in [-0.05, 0) is 39.0 Å². The molecule has 22 heavy (non-hydrogen) atoms. The highest BCUT2D eigenvalue weighted by Gasteiger charge is 2.15. The minimum Gasteiger partial charge on any atom is -0.378 e. The number of hydrogen-bond donors (Lipinski definition) is 1. The summed E-state index contributed by atoms with van der Waals surface area (Å²) >= 11 is 0. The molecule has 1 aromatic rings. The van der Waals surface area contributed by atoms with Crippen LogP contribution in [0, 0.1) is 6.92 Å². The van der Waals surface area contributed by atoms with Crippen molar-refractivity contribution in [3.05, 3.63) is 18.2 Å². The van der Waals surface area contributed by atoms with Gasteiger partial charge in [0.2, 0.25) is 0 Å². The van der Waals surface area contributed by atoms with Gasteiger partial charge < -0.3 is 19.5 Å². The maximum absolute atomic E-state index is 12.0. The Morgan fingerprint density at radius 2 is 2.41 bits per heavy atom. The Balaban J connectivity index is 1.53. The van der Waals surface area contributed by atoms with Crippen LogP contribution in [0.4, 0.5) is 4.79 Å². The Kier molecular flexibility index (Phi) is 6.71. The number of aryl methyl sites for hydroxylation is 2. The summed E-state index contributed by atoms with van der Waals surface area (Å²) in [6.07, 6.45) is 9.49. The van der Waals surface area contributed by atoms with Crippen LogP contribution in [0.2, 0.25) is 0 Å². The van der Waals surface area contributed by atoms with E-state index in [1.807, 2.05) is 20.2 Å². The topological polar surface area (TPSA) is 59.4 Å². The molecule has 0 radical (unpaired) electrons. The molecule has 1 aromatic heterocycles. The van der Waals surface area contributed by atoms with Crippen LogP contribution in [-0.4, -0.2) is 53.3 Å². The first kappa shape index (κ1) is 16.8. The lowest BCUT2D eigenvalue weighted by Crippen LogP contribution is -2.38. The Labute approximate surface area is 132 Å².